The number of amides is 2. The Labute approximate surface area is 119 Å². The van der Waals surface area contributed by atoms with Crippen LogP contribution in [-0.2, 0) is 4.74 Å². The standard InChI is InChI=1S/C14H22N2O4/c1-4-20-13-7-5-6-11(8-13)15-14(18)16(2)9-12(17)10-19-3/h5-8,12,17H,4,9-10H2,1-3H3,(H,15,18). The smallest absolute Gasteiger partial charge is 0.321 e. The molecule has 0 aromatic heterocycles. The van der Waals surface area contributed by atoms with E-state index in [1.54, 1.807) is 25.2 Å². The third kappa shape index (κ3) is 5.46. The quantitative estimate of drug-likeness (QED) is 0.796. The summed E-state index contributed by atoms with van der Waals surface area (Å²) in [6.07, 6.45) is -0.703. The minimum Gasteiger partial charge on any atom is -0.494 e. The van der Waals surface area contributed by atoms with Crippen LogP contribution in [0.2, 0.25) is 0 Å². The lowest BCUT2D eigenvalue weighted by Crippen LogP contribution is -2.38. The second-order valence-electron chi connectivity index (χ2n) is 4.38. The predicted molar refractivity (Wildman–Crippen MR) is 77.1 cm³/mol. The van der Waals surface area contributed by atoms with Gasteiger partial charge in [0.2, 0.25) is 0 Å². The molecule has 0 aliphatic rings. The highest BCUT2D eigenvalue weighted by Gasteiger charge is 2.13. The van der Waals surface area contributed by atoms with Gasteiger partial charge < -0.3 is 24.8 Å². The second-order valence-corrected chi connectivity index (χ2v) is 4.38. The van der Waals surface area contributed by atoms with E-state index in [1.807, 2.05) is 13.0 Å². The van der Waals surface area contributed by atoms with Crippen LogP contribution in [0.4, 0.5) is 10.5 Å². The van der Waals surface area contributed by atoms with Crippen LogP contribution >= 0.6 is 0 Å². The third-order valence-electron chi connectivity index (χ3n) is 2.59. The van der Waals surface area contributed by atoms with E-state index >= 15 is 0 Å². The number of nitrogens with one attached hydrogen (secondary N) is 1. The maximum Gasteiger partial charge on any atom is 0.321 e. The number of carbonyl (C=O) groups is 1. The zero-order chi connectivity index (χ0) is 15.0. The molecule has 0 bridgehead atoms. The van der Waals surface area contributed by atoms with Crippen molar-refractivity contribution >= 4 is 11.7 Å². The number of hydrogen-bond donors (Lipinski definition) is 2. The van der Waals surface area contributed by atoms with Crippen molar-refractivity contribution in [2.24, 2.45) is 0 Å². The maximum atomic E-state index is 11.9. The number of rotatable bonds is 7. The fourth-order valence-corrected chi connectivity index (χ4v) is 1.69. The maximum absolute atomic E-state index is 11.9. The Morgan fingerprint density at radius 3 is 2.90 bits per heavy atom. The van der Waals surface area contributed by atoms with E-state index in [-0.39, 0.29) is 19.2 Å². The molecule has 0 heterocycles. The van der Waals surface area contributed by atoms with Gasteiger partial charge in [-0.15, -0.1) is 0 Å². The highest BCUT2D eigenvalue weighted by Crippen LogP contribution is 2.17. The van der Waals surface area contributed by atoms with Crippen LogP contribution in [0.3, 0.4) is 0 Å². The van der Waals surface area contributed by atoms with Gasteiger partial charge in [-0.2, -0.15) is 0 Å². The molecule has 2 N–H and O–H groups in total. The van der Waals surface area contributed by atoms with Crippen LogP contribution in [0.15, 0.2) is 24.3 Å². The Morgan fingerprint density at radius 1 is 1.50 bits per heavy atom. The van der Waals surface area contributed by atoms with E-state index in [1.165, 1.54) is 12.0 Å². The fourth-order valence-electron chi connectivity index (χ4n) is 1.69. The summed E-state index contributed by atoms with van der Waals surface area (Å²) in [6.45, 7) is 2.86. The van der Waals surface area contributed by atoms with Crippen molar-refractivity contribution in [1.82, 2.24) is 4.90 Å². The predicted octanol–water partition coefficient (Wildman–Crippen LogP) is 1.56. The molecule has 1 unspecified atom stereocenters. The van der Waals surface area contributed by atoms with Gasteiger partial charge in [0, 0.05) is 25.9 Å². The average molecular weight is 282 g/mol. The summed E-state index contributed by atoms with van der Waals surface area (Å²) in [5, 5.41) is 12.3. The van der Waals surface area contributed by atoms with Crippen molar-refractivity contribution in [3.05, 3.63) is 24.3 Å². The van der Waals surface area contributed by atoms with Crippen LogP contribution in [0.5, 0.6) is 5.75 Å². The number of aliphatic hydroxyl groups excluding tert-OH is 1. The van der Waals surface area contributed by atoms with Gasteiger partial charge >= 0.3 is 6.03 Å². The number of anilines is 1. The Balaban J connectivity index is 2.54. The summed E-state index contributed by atoms with van der Waals surface area (Å²) in [7, 11) is 3.11. The molecule has 1 atom stereocenters. The van der Waals surface area contributed by atoms with Crippen LogP contribution < -0.4 is 10.1 Å². The Kier molecular flexibility index (Phi) is 6.83. The molecule has 0 aliphatic heterocycles. The summed E-state index contributed by atoms with van der Waals surface area (Å²) in [5.74, 6) is 0.701. The first-order chi connectivity index (χ1) is 9.56. The molecule has 0 saturated carbocycles. The van der Waals surface area contributed by atoms with E-state index in [0.717, 1.165) is 0 Å². The number of aliphatic hydroxyl groups is 1. The lowest BCUT2D eigenvalue weighted by atomic mass is 10.3. The van der Waals surface area contributed by atoms with Crippen molar-refractivity contribution in [1.29, 1.82) is 0 Å². The largest absolute Gasteiger partial charge is 0.494 e. The van der Waals surface area contributed by atoms with Gasteiger partial charge in [0.15, 0.2) is 0 Å². The molecule has 6 nitrogen and oxygen atoms in total. The Morgan fingerprint density at radius 2 is 2.25 bits per heavy atom. The topological polar surface area (TPSA) is 71.0 Å². The molecule has 20 heavy (non-hydrogen) atoms. The zero-order valence-electron chi connectivity index (χ0n) is 12.1. The van der Waals surface area contributed by atoms with Crippen molar-refractivity contribution in [2.75, 3.05) is 39.2 Å². The minimum atomic E-state index is -0.703. The first-order valence-corrected chi connectivity index (χ1v) is 6.48. The van der Waals surface area contributed by atoms with Gasteiger partial charge in [-0.05, 0) is 19.1 Å². The molecule has 0 aliphatic carbocycles. The molecule has 1 aromatic carbocycles. The van der Waals surface area contributed by atoms with Gasteiger partial charge in [0.05, 0.1) is 25.9 Å². The van der Waals surface area contributed by atoms with E-state index in [9.17, 15) is 9.90 Å². The number of hydrogen-bond acceptors (Lipinski definition) is 4. The lowest BCUT2D eigenvalue weighted by Gasteiger charge is -2.21. The van der Waals surface area contributed by atoms with E-state index < -0.39 is 6.10 Å². The average Bonchev–Trinajstić information content (AvgIpc) is 2.39. The first-order valence-electron chi connectivity index (χ1n) is 6.48. The monoisotopic (exact) mass is 282 g/mol. The van der Waals surface area contributed by atoms with Crippen molar-refractivity contribution < 1.29 is 19.4 Å². The van der Waals surface area contributed by atoms with Gasteiger partial charge in [0.1, 0.15) is 5.75 Å². The number of methoxy groups -OCH3 is 1. The number of nitrogens with zero attached hydrogens (tertiary/aromatic N) is 1. The summed E-state index contributed by atoms with van der Waals surface area (Å²) in [5.41, 5.74) is 0.647. The number of likely N-dealkylation sites (N-methyl/N-ethyl adjacent to an activating group) is 1. The van der Waals surface area contributed by atoms with Crippen LogP contribution in [0.25, 0.3) is 0 Å². The summed E-state index contributed by atoms with van der Waals surface area (Å²) in [6, 6.07) is 6.86. The molecule has 0 saturated heterocycles. The van der Waals surface area contributed by atoms with Crippen LogP contribution in [-0.4, -0.2) is 56.1 Å². The number of urea groups is 1. The Hall–Kier alpha value is -1.79. The van der Waals surface area contributed by atoms with E-state index in [2.05, 4.69) is 5.32 Å². The minimum absolute atomic E-state index is 0.192. The summed E-state index contributed by atoms with van der Waals surface area (Å²) in [4.78, 5) is 13.3. The molecular weight excluding hydrogens is 260 g/mol. The molecule has 2 amide bonds. The highest BCUT2D eigenvalue weighted by molar-refractivity contribution is 5.89. The molecule has 0 spiro atoms. The molecular formula is C14H22N2O4. The van der Waals surface area contributed by atoms with Gasteiger partial charge in [0.25, 0.3) is 0 Å². The second kappa shape index (κ2) is 8.39. The van der Waals surface area contributed by atoms with E-state index in [4.69, 9.17) is 9.47 Å². The first kappa shape index (κ1) is 16.3. The third-order valence-corrected chi connectivity index (χ3v) is 2.59. The van der Waals surface area contributed by atoms with Gasteiger partial charge in [-0.1, -0.05) is 6.07 Å². The molecule has 0 radical (unpaired) electrons. The number of ether oxygens (including phenoxy) is 2. The van der Waals surface area contributed by atoms with Gasteiger partial charge in [-0.25, -0.2) is 4.79 Å². The molecule has 112 valence electrons. The molecule has 1 rings (SSSR count). The molecule has 0 fully saturated rings. The zero-order valence-corrected chi connectivity index (χ0v) is 12.1. The van der Waals surface area contributed by atoms with Crippen molar-refractivity contribution in [3.8, 4) is 5.75 Å². The fraction of sp³-hybridized carbons (Fsp3) is 0.500. The SMILES string of the molecule is CCOc1cccc(NC(=O)N(C)CC(O)COC)c1. The normalized spacial score (nSPS) is 11.8. The summed E-state index contributed by atoms with van der Waals surface area (Å²) >= 11 is 0. The molecule has 6 heteroatoms. The van der Waals surface area contributed by atoms with Crippen LogP contribution in [0.1, 0.15) is 6.92 Å². The highest BCUT2D eigenvalue weighted by atomic mass is 16.5. The number of benzene rings is 1. The Bertz CT molecular complexity index is 425. The van der Waals surface area contributed by atoms with E-state index in [0.29, 0.717) is 18.0 Å². The van der Waals surface area contributed by atoms with Crippen molar-refractivity contribution in [3.63, 3.8) is 0 Å². The van der Waals surface area contributed by atoms with Crippen LogP contribution in [0, 0.1) is 0 Å². The summed E-state index contributed by atoms with van der Waals surface area (Å²) < 4.78 is 10.2. The number of carbonyl (C=O) groups excluding carboxylic acids is 1. The van der Waals surface area contributed by atoms with Gasteiger partial charge in [-0.3, -0.25) is 0 Å². The van der Waals surface area contributed by atoms with Crippen molar-refractivity contribution in [2.45, 2.75) is 13.0 Å². The lowest BCUT2D eigenvalue weighted by molar-refractivity contribution is 0.0501. The molecule has 1 aromatic rings.